The third kappa shape index (κ3) is 18.2. The summed E-state index contributed by atoms with van der Waals surface area (Å²) in [6.45, 7) is 24.6. The number of rotatable bonds is 8. The number of aromatic nitrogens is 4. The molecule has 0 saturated carbocycles. The van der Waals surface area contributed by atoms with Gasteiger partial charge in [-0.05, 0) is 328 Å². The van der Waals surface area contributed by atoms with Gasteiger partial charge in [0, 0.05) is 94.7 Å². The van der Waals surface area contributed by atoms with E-state index in [1.807, 2.05) is 92.9 Å². The van der Waals surface area contributed by atoms with Crippen molar-refractivity contribution in [2.45, 2.75) is 72.1 Å². The minimum absolute atomic E-state index is 0.0864. The number of nitrogens with zero attached hydrogens (tertiary/aromatic N) is 5. The van der Waals surface area contributed by atoms with Crippen LogP contribution >= 0.6 is 0 Å². The van der Waals surface area contributed by atoms with Gasteiger partial charge in [-0.2, -0.15) is 10.4 Å². The zero-order chi connectivity index (χ0) is 78.1. The Morgan fingerprint density at radius 3 is 1.30 bits per heavy atom. The lowest BCUT2D eigenvalue weighted by Crippen LogP contribution is -2.09. The van der Waals surface area contributed by atoms with Gasteiger partial charge >= 0.3 is 0 Å². The van der Waals surface area contributed by atoms with Gasteiger partial charge in [0.25, 0.3) is 0 Å². The number of allylic oxidation sites excluding steroid dienone is 8. The van der Waals surface area contributed by atoms with E-state index in [2.05, 4.69) is 174 Å². The monoisotopic (exact) mass is 1540 g/mol. The van der Waals surface area contributed by atoms with Crippen LogP contribution < -0.4 is 42.5 Å². The second-order valence-corrected chi connectivity index (χ2v) is 35.0. The number of hydrogen-bond donors (Lipinski definition) is 8. The summed E-state index contributed by atoms with van der Waals surface area (Å²) in [5.74, 6) is 14.3. The molecule has 598 valence electrons. The summed E-state index contributed by atoms with van der Waals surface area (Å²) < 4.78 is 31.2. The first-order chi connectivity index (χ1) is 56.5. The Balaban J connectivity index is 0.0000000948. The molecule has 0 radical (unpaired) electrons. The largest absolute Gasteiger partial charge is 0.472 e. The third-order valence-electron chi connectivity index (χ3n) is 27.7. The van der Waals surface area contributed by atoms with E-state index < -0.39 is 0 Å². The fourth-order valence-corrected chi connectivity index (χ4v) is 21.4. The lowest BCUT2D eigenvalue weighted by molar-refractivity contribution is 0.393. The Kier molecular flexibility index (Phi) is 24.9. The summed E-state index contributed by atoms with van der Waals surface area (Å²) in [5, 5.41) is 44.7. The highest BCUT2D eigenvalue weighted by Crippen LogP contribution is 2.46. The molecule has 5 aromatic heterocycles. The van der Waals surface area contributed by atoms with E-state index in [1.165, 1.54) is 150 Å². The number of furan rings is 2. The van der Waals surface area contributed by atoms with Gasteiger partial charge in [-0.15, -0.1) is 0 Å². The quantitative estimate of drug-likeness (QED) is 0.0713. The predicted octanol–water partition coefficient (Wildman–Crippen LogP) is 15.7. The molecule has 0 spiro atoms. The number of nitriles is 1. The van der Waals surface area contributed by atoms with Gasteiger partial charge in [-0.1, -0.05) is 120 Å². The van der Waals surface area contributed by atoms with Crippen molar-refractivity contribution in [1.29, 1.82) is 5.26 Å². The summed E-state index contributed by atoms with van der Waals surface area (Å²) >= 11 is 0. The standard InChI is InChI=1S/C14H14N2.C14H17N.C13H14FN.C12H16N2O.C12H14N2.C11H15N3.2C11H13NO/c15-7-10-3-1-2-4-14(10)11-5-12-8-16-9-13(12)6-11;1-10-4-2-3-5-14(10)11-6-12-8-15-9-13(12)7-11;14-13-4-2-1-3-12(13)9-5-10-7-15-8-11(10)6-9;1-7-12(8(2)15-14-7)9-3-10-5-13-6-11(10)4-9;1-2-9(6-13-3-1)10-4-11-7-14-8-12(11)5-10;1-14-11(2-3-13-14)8-4-9-6-12-7-10(9)5-8;1-2-13-7-8(1)9-3-10-5-12-6-11(10)4-9;1-2-11(13-3-1)8-4-9-6-12-7-10(9)5-8/h1-5,12-13,16H,6,8-9H2;2-6,12-13,15H,7-9H2,1H3;1-5,10-11,15H,6-8H2;3,10-11,13H,4-6H2,1-2H3;1-4,6,11-12,14H,5,7-8H2;2-4,9-10,12H,5-7H2,1H3;1-3,7,10-12H,4-6H2;1-4,9-10,12H,5-7H2. The van der Waals surface area contributed by atoms with Gasteiger partial charge in [-0.3, -0.25) is 9.67 Å². The first-order valence-electron chi connectivity index (χ1n) is 43.0. The van der Waals surface area contributed by atoms with Crippen LogP contribution in [0.1, 0.15) is 119 Å². The number of nitrogens with one attached hydrogen (secondary N) is 8. The van der Waals surface area contributed by atoms with E-state index in [9.17, 15) is 4.39 Å². The molecule has 8 aliphatic carbocycles. The van der Waals surface area contributed by atoms with E-state index in [1.54, 1.807) is 30.2 Å². The predicted molar refractivity (Wildman–Crippen MR) is 459 cm³/mol. The Bertz CT molecular complexity index is 4790. The van der Waals surface area contributed by atoms with E-state index in [0.29, 0.717) is 17.8 Å². The molecule has 24 rings (SSSR count). The summed E-state index contributed by atoms with van der Waals surface area (Å²) in [7, 11) is 2.02. The average Bonchev–Trinajstić information content (AvgIpc) is 1.66. The normalized spacial score (nSPS) is 29.8. The molecule has 16 unspecified atom stereocenters. The smallest absolute Gasteiger partial charge is 0.141 e. The van der Waals surface area contributed by atoms with Crippen molar-refractivity contribution < 1.29 is 17.7 Å². The highest BCUT2D eigenvalue weighted by molar-refractivity contribution is 5.75. The van der Waals surface area contributed by atoms with Gasteiger partial charge in [0.2, 0.25) is 0 Å². The van der Waals surface area contributed by atoms with Crippen LogP contribution in [0.4, 0.5) is 4.39 Å². The maximum Gasteiger partial charge on any atom is 0.141 e. The van der Waals surface area contributed by atoms with Crippen molar-refractivity contribution in [1.82, 2.24) is 62.5 Å². The van der Waals surface area contributed by atoms with Crippen molar-refractivity contribution >= 4 is 44.6 Å². The van der Waals surface area contributed by atoms with Crippen LogP contribution in [-0.4, -0.2) is 125 Å². The number of halogens is 1. The zero-order valence-corrected chi connectivity index (χ0v) is 67.5. The maximum atomic E-state index is 13.6. The molecule has 8 N–H and O–H groups in total. The van der Waals surface area contributed by atoms with E-state index >= 15 is 0 Å². The summed E-state index contributed by atoms with van der Waals surface area (Å²) in [4.78, 5) is 4.17. The molecule has 16 atom stereocenters. The molecule has 13 heterocycles. The fraction of sp³-hybridized carbons (Fsp3) is 0.449. The van der Waals surface area contributed by atoms with Crippen molar-refractivity contribution in [3.63, 3.8) is 0 Å². The second kappa shape index (κ2) is 36.5. The fourth-order valence-electron chi connectivity index (χ4n) is 21.4. The van der Waals surface area contributed by atoms with Crippen LogP contribution in [0.5, 0.6) is 0 Å². The molecular formula is C98H116FN13O3. The highest BCUT2D eigenvalue weighted by atomic mass is 19.1. The molecule has 0 bridgehead atoms. The number of pyridine rings is 1. The van der Waals surface area contributed by atoms with Crippen molar-refractivity contribution in [2.24, 2.45) is 102 Å². The molecule has 8 saturated heterocycles. The average molecular weight is 1540 g/mol. The van der Waals surface area contributed by atoms with Gasteiger partial charge < -0.3 is 55.9 Å². The number of aryl methyl sites for hydroxylation is 4. The molecule has 0 amide bonds. The van der Waals surface area contributed by atoms with Crippen LogP contribution in [-0.2, 0) is 7.05 Å². The minimum atomic E-state index is -0.0864. The molecular weight excluding hydrogens is 1430 g/mol. The summed E-state index contributed by atoms with van der Waals surface area (Å²) in [5.41, 5.74) is 23.2. The zero-order valence-electron chi connectivity index (χ0n) is 67.5. The SMILES string of the molecule is C1=C(c2cccnc2)CC2CNCC12.C1=C(c2ccco2)CC2CNCC12.C1=C(c2ccoc2)CC2CNCC12.Cc1ccccc1C1=CC2CNCC2C1.Cc1noc(C)c1C1=CC2CNCC2C1.Cn1nccc1C1=CC2CNCC2C1.Fc1ccccc1C1=CC2CNCC2C1.N#Cc1ccccc1C1=CC2CNCC2C1. The van der Waals surface area contributed by atoms with Gasteiger partial charge in [0.1, 0.15) is 17.3 Å². The number of benzene rings is 3. The topological polar surface area (TPSA) is 203 Å². The second-order valence-electron chi connectivity index (χ2n) is 35.0. The molecule has 115 heavy (non-hydrogen) atoms. The molecule has 8 fully saturated rings. The van der Waals surface area contributed by atoms with Crippen molar-refractivity contribution in [2.75, 3.05) is 105 Å². The van der Waals surface area contributed by atoms with Crippen LogP contribution in [0, 0.1) is 133 Å². The molecule has 17 heteroatoms. The molecule has 8 aromatic rings. The van der Waals surface area contributed by atoms with Crippen LogP contribution in [0.3, 0.4) is 0 Å². The Labute approximate surface area is 679 Å². The first-order valence-corrected chi connectivity index (χ1v) is 43.0. The van der Waals surface area contributed by atoms with Crippen LogP contribution in [0.2, 0.25) is 0 Å². The van der Waals surface area contributed by atoms with Crippen molar-refractivity contribution in [3.8, 4) is 6.07 Å². The molecule has 16 nitrogen and oxygen atoms in total. The lowest BCUT2D eigenvalue weighted by atomic mass is 9.96. The first kappa shape index (κ1) is 78.3. The Morgan fingerprint density at radius 1 is 0.409 bits per heavy atom. The molecule has 16 aliphatic rings. The lowest BCUT2D eigenvalue weighted by Gasteiger charge is -2.08. The summed E-state index contributed by atoms with van der Waals surface area (Å²) in [6.07, 6.45) is 39.7. The van der Waals surface area contributed by atoms with Gasteiger partial charge in [0.05, 0.1) is 41.8 Å². The van der Waals surface area contributed by atoms with E-state index in [-0.39, 0.29) is 5.82 Å². The number of fused-ring (bicyclic) bond motifs is 8. The summed E-state index contributed by atoms with van der Waals surface area (Å²) in [6, 6.07) is 38.4. The Hall–Kier alpha value is -9.19. The Morgan fingerprint density at radius 2 is 0.843 bits per heavy atom. The van der Waals surface area contributed by atoms with E-state index in [0.717, 1.165) is 189 Å². The third-order valence-corrected chi connectivity index (χ3v) is 27.7. The van der Waals surface area contributed by atoms with Gasteiger partial charge in [0.15, 0.2) is 0 Å². The van der Waals surface area contributed by atoms with Crippen LogP contribution in [0.15, 0.2) is 209 Å². The van der Waals surface area contributed by atoms with Crippen molar-refractivity contribution in [3.05, 3.63) is 268 Å². The number of hydrogen-bond acceptors (Lipinski definition) is 15. The molecule has 3 aromatic carbocycles. The van der Waals surface area contributed by atoms with Crippen LogP contribution in [0.25, 0.3) is 44.6 Å². The molecule has 8 aliphatic heterocycles. The minimum Gasteiger partial charge on any atom is -0.472 e. The van der Waals surface area contributed by atoms with Gasteiger partial charge in [-0.25, -0.2) is 4.39 Å². The maximum absolute atomic E-state index is 13.6. The van der Waals surface area contributed by atoms with E-state index in [4.69, 9.17) is 18.6 Å². The highest BCUT2D eigenvalue weighted by Gasteiger charge is 2.39.